The molecule has 2 N–H and O–H groups in total. The summed E-state index contributed by atoms with van der Waals surface area (Å²) in [6.07, 6.45) is 4.41. The molecule has 1 aliphatic heterocycles. The van der Waals surface area contributed by atoms with Gasteiger partial charge in [0, 0.05) is 30.9 Å². The first kappa shape index (κ1) is 21.1. The SMILES string of the molecule is CN=C(NCc1ncc(C)c(OC)c1C)NCC(c1ccccc1)N1CCCC1. The first-order valence-electron chi connectivity index (χ1n) is 10.4. The molecule has 0 saturated carbocycles. The lowest BCUT2D eigenvalue weighted by Gasteiger charge is -2.29. The molecule has 156 valence electrons. The number of ether oxygens (including phenoxy) is 1. The molecule has 6 nitrogen and oxygen atoms in total. The minimum absolute atomic E-state index is 0.344. The van der Waals surface area contributed by atoms with E-state index in [-0.39, 0.29) is 0 Å². The van der Waals surface area contributed by atoms with Crippen LogP contribution in [-0.2, 0) is 6.54 Å². The minimum Gasteiger partial charge on any atom is -0.496 e. The van der Waals surface area contributed by atoms with E-state index in [9.17, 15) is 0 Å². The van der Waals surface area contributed by atoms with Gasteiger partial charge in [0.1, 0.15) is 5.75 Å². The highest BCUT2D eigenvalue weighted by Crippen LogP contribution is 2.25. The molecule has 0 amide bonds. The van der Waals surface area contributed by atoms with Crippen molar-refractivity contribution in [1.82, 2.24) is 20.5 Å². The highest BCUT2D eigenvalue weighted by Gasteiger charge is 2.23. The largest absolute Gasteiger partial charge is 0.496 e. The second kappa shape index (κ2) is 10.3. The molecule has 0 spiro atoms. The molecule has 0 aliphatic carbocycles. The number of aryl methyl sites for hydroxylation is 1. The third-order valence-electron chi connectivity index (χ3n) is 5.63. The van der Waals surface area contributed by atoms with E-state index in [1.165, 1.54) is 18.4 Å². The molecule has 2 aromatic rings. The van der Waals surface area contributed by atoms with Crippen LogP contribution in [0.25, 0.3) is 0 Å². The van der Waals surface area contributed by atoms with Crippen LogP contribution in [0, 0.1) is 13.8 Å². The van der Waals surface area contributed by atoms with E-state index in [2.05, 4.69) is 55.8 Å². The maximum atomic E-state index is 5.52. The monoisotopic (exact) mass is 395 g/mol. The van der Waals surface area contributed by atoms with Gasteiger partial charge in [0.2, 0.25) is 0 Å². The lowest BCUT2D eigenvalue weighted by molar-refractivity contribution is 0.245. The summed E-state index contributed by atoms with van der Waals surface area (Å²) in [7, 11) is 3.51. The minimum atomic E-state index is 0.344. The van der Waals surface area contributed by atoms with Crippen LogP contribution in [0.3, 0.4) is 0 Å². The van der Waals surface area contributed by atoms with Crippen LogP contribution in [-0.4, -0.2) is 49.6 Å². The van der Waals surface area contributed by atoms with E-state index >= 15 is 0 Å². The van der Waals surface area contributed by atoms with Gasteiger partial charge < -0.3 is 15.4 Å². The molecule has 1 fully saturated rings. The second-order valence-corrected chi connectivity index (χ2v) is 7.52. The van der Waals surface area contributed by atoms with Crippen molar-refractivity contribution in [3.63, 3.8) is 0 Å². The van der Waals surface area contributed by atoms with Gasteiger partial charge in [-0.15, -0.1) is 0 Å². The highest BCUT2D eigenvalue weighted by atomic mass is 16.5. The van der Waals surface area contributed by atoms with Gasteiger partial charge in [0.25, 0.3) is 0 Å². The molecule has 3 rings (SSSR count). The van der Waals surface area contributed by atoms with E-state index in [0.717, 1.165) is 48.2 Å². The summed E-state index contributed by atoms with van der Waals surface area (Å²) < 4.78 is 5.52. The Hall–Kier alpha value is -2.60. The Kier molecular flexibility index (Phi) is 7.47. The second-order valence-electron chi connectivity index (χ2n) is 7.52. The molecular formula is C23H33N5O. The first-order chi connectivity index (χ1) is 14.1. The van der Waals surface area contributed by atoms with Crippen LogP contribution in [0.2, 0.25) is 0 Å². The number of methoxy groups -OCH3 is 1. The van der Waals surface area contributed by atoms with Crippen LogP contribution in [0.1, 0.15) is 41.3 Å². The van der Waals surface area contributed by atoms with Crippen molar-refractivity contribution in [3.05, 3.63) is 58.9 Å². The number of guanidine groups is 1. The summed E-state index contributed by atoms with van der Waals surface area (Å²) >= 11 is 0. The summed E-state index contributed by atoms with van der Waals surface area (Å²) in [6, 6.07) is 11.1. The Balaban J connectivity index is 1.63. The lowest BCUT2D eigenvalue weighted by atomic mass is 10.1. The van der Waals surface area contributed by atoms with Gasteiger partial charge in [-0.25, -0.2) is 0 Å². The van der Waals surface area contributed by atoms with Gasteiger partial charge in [-0.05, 0) is 45.3 Å². The fraction of sp³-hybridized carbons (Fsp3) is 0.478. The summed E-state index contributed by atoms with van der Waals surface area (Å²) in [5, 5.41) is 6.91. The quantitative estimate of drug-likeness (QED) is 0.557. The van der Waals surface area contributed by atoms with Crippen molar-refractivity contribution in [2.24, 2.45) is 4.99 Å². The molecular weight excluding hydrogens is 362 g/mol. The fourth-order valence-corrected chi connectivity index (χ4v) is 4.02. The summed E-state index contributed by atoms with van der Waals surface area (Å²) in [5.74, 6) is 1.68. The van der Waals surface area contributed by atoms with Crippen LogP contribution in [0.4, 0.5) is 0 Å². The topological polar surface area (TPSA) is 61.8 Å². The van der Waals surface area contributed by atoms with Gasteiger partial charge >= 0.3 is 0 Å². The molecule has 2 heterocycles. The van der Waals surface area contributed by atoms with E-state index < -0.39 is 0 Å². The zero-order chi connectivity index (χ0) is 20.6. The summed E-state index contributed by atoms with van der Waals surface area (Å²) in [4.78, 5) is 11.5. The molecule has 1 aliphatic rings. The van der Waals surface area contributed by atoms with Crippen molar-refractivity contribution < 1.29 is 4.74 Å². The summed E-state index contributed by atoms with van der Waals surface area (Å²) in [6.45, 7) is 7.78. The number of pyridine rings is 1. The van der Waals surface area contributed by atoms with Crippen molar-refractivity contribution >= 4 is 5.96 Å². The Labute approximate surface area is 174 Å². The van der Waals surface area contributed by atoms with Crippen LogP contribution in [0.5, 0.6) is 5.75 Å². The number of hydrogen-bond acceptors (Lipinski definition) is 4. The van der Waals surface area contributed by atoms with Gasteiger partial charge in [-0.1, -0.05) is 30.3 Å². The Morgan fingerprint density at radius 1 is 1.17 bits per heavy atom. The van der Waals surface area contributed by atoms with Gasteiger partial charge in [0.05, 0.1) is 25.4 Å². The van der Waals surface area contributed by atoms with Crippen LogP contribution >= 0.6 is 0 Å². The first-order valence-corrected chi connectivity index (χ1v) is 10.4. The zero-order valence-electron chi connectivity index (χ0n) is 18.0. The third-order valence-corrected chi connectivity index (χ3v) is 5.63. The van der Waals surface area contributed by atoms with E-state index in [0.29, 0.717) is 12.6 Å². The predicted molar refractivity (Wildman–Crippen MR) is 118 cm³/mol. The molecule has 29 heavy (non-hydrogen) atoms. The number of nitrogens with one attached hydrogen (secondary N) is 2. The molecule has 1 saturated heterocycles. The van der Waals surface area contributed by atoms with Gasteiger partial charge in [-0.2, -0.15) is 0 Å². The summed E-state index contributed by atoms with van der Waals surface area (Å²) in [5.41, 5.74) is 4.43. The third kappa shape index (κ3) is 5.26. The fourth-order valence-electron chi connectivity index (χ4n) is 4.02. The molecule has 1 unspecified atom stereocenters. The molecule has 6 heteroatoms. The standard InChI is InChI=1S/C23H33N5O/c1-17-14-25-20(18(2)22(17)29-4)15-26-23(24-3)27-16-21(28-12-8-9-13-28)19-10-6-5-7-11-19/h5-7,10-11,14,21H,8-9,12-13,15-16H2,1-4H3,(H2,24,26,27). The molecule has 0 bridgehead atoms. The molecule has 0 radical (unpaired) electrons. The number of aliphatic imine (C=N–C) groups is 1. The van der Waals surface area contributed by atoms with Gasteiger partial charge in [-0.3, -0.25) is 14.9 Å². The maximum absolute atomic E-state index is 5.52. The maximum Gasteiger partial charge on any atom is 0.191 e. The van der Waals surface area contributed by atoms with Crippen LogP contribution in [0.15, 0.2) is 41.5 Å². The Bertz CT molecular complexity index is 816. The number of hydrogen-bond donors (Lipinski definition) is 2. The molecule has 1 atom stereocenters. The highest BCUT2D eigenvalue weighted by molar-refractivity contribution is 5.79. The van der Waals surface area contributed by atoms with Crippen molar-refractivity contribution in [2.45, 2.75) is 39.3 Å². The van der Waals surface area contributed by atoms with Crippen molar-refractivity contribution in [2.75, 3.05) is 33.8 Å². The predicted octanol–water partition coefficient (Wildman–Crippen LogP) is 3.21. The van der Waals surface area contributed by atoms with Crippen LogP contribution < -0.4 is 15.4 Å². The number of benzene rings is 1. The number of nitrogens with zero attached hydrogens (tertiary/aromatic N) is 3. The van der Waals surface area contributed by atoms with Gasteiger partial charge in [0.15, 0.2) is 5.96 Å². The van der Waals surface area contributed by atoms with E-state index in [1.807, 2.05) is 20.0 Å². The van der Waals surface area contributed by atoms with E-state index in [1.54, 1.807) is 14.2 Å². The smallest absolute Gasteiger partial charge is 0.191 e. The molecule has 1 aromatic heterocycles. The average molecular weight is 396 g/mol. The number of rotatable bonds is 7. The lowest BCUT2D eigenvalue weighted by Crippen LogP contribution is -2.42. The number of aromatic nitrogens is 1. The average Bonchev–Trinajstić information content (AvgIpc) is 3.27. The van der Waals surface area contributed by atoms with Crippen molar-refractivity contribution in [3.8, 4) is 5.75 Å². The molecule has 1 aromatic carbocycles. The zero-order valence-corrected chi connectivity index (χ0v) is 18.0. The van der Waals surface area contributed by atoms with Crippen molar-refractivity contribution in [1.29, 1.82) is 0 Å². The number of likely N-dealkylation sites (tertiary alicyclic amines) is 1. The van der Waals surface area contributed by atoms with E-state index in [4.69, 9.17) is 4.74 Å². The Morgan fingerprint density at radius 2 is 1.90 bits per heavy atom. The normalized spacial score (nSPS) is 15.9. The Morgan fingerprint density at radius 3 is 2.55 bits per heavy atom.